The Kier molecular flexibility index (Phi) is 14.4. The minimum atomic E-state index is 0.0626. The molecule has 7 heteroatoms. The van der Waals surface area contributed by atoms with Crippen LogP contribution in [-0.2, 0) is 11.3 Å². The first-order valence-electron chi connectivity index (χ1n) is 14.4. The first-order chi connectivity index (χ1) is 19.6. The maximum absolute atomic E-state index is 5.94. The molecule has 0 aliphatic rings. The highest BCUT2D eigenvalue weighted by atomic mass is 32.1. The van der Waals surface area contributed by atoms with E-state index >= 15 is 0 Å². The molecule has 0 amide bonds. The lowest BCUT2D eigenvalue weighted by atomic mass is 10.1. The standard InChI is InChI=1S/C33H44N2O4S/c1-4-26(2)23-37-27(3)24-38-32-15-9-28(10-16-32)25-39-33-19-13-30(14-20-33)35-34-29-11-17-31(18-12-29)36-21-7-5-6-8-22-40/h9-20,26-27,40H,4-8,21-25H2,1-3H3/t26-,27-/m0/s1. The van der Waals surface area contributed by atoms with Crippen LogP contribution in [0.1, 0.15) is 58.4 Å². The summed E-state index contributed by atoms with van der Waals surface area (Å²) in [6.07, 6.45) is 5.79. The van der Waals surface area contributed by atoms with E-state index in [1.807, 2.05) is 79.7 Å². The quantitative estimate of drug-likeness (QED) is 0.0895. The lowest BCUT2D eigenvalue weighted by molar-refractivity contribution is 0.0149. The monoisotopic (exact) mass is 564 g/mol. The van der Waals surface area contributed by atoms with Gasteiger partial charge in [0.05, 0.1) is 24.1 Å². The number of hydrogen-bond donors (Lipinski definition) is 1. The van der Waals surface area contributed by atoms with Crippen LogP contribution in [0.5, 0.6) is 17.2 Å². The second-order valence-electron chi connectivity index (χ2n) is 10.1. The van der Waals surface area contributed by atoms with Crippen LogP contribution < -0.4 is 14.2 Å². The molecule has 0 aliphatic carbocycles. The maximum Gasteiger partial charge on any atom is 0.119 e. The number of azo groups is 1. The Balaban J connectivity index is 1.36. The topological polar surface area (TPSA) is 61.6 Å². The molecule has 0 N–H and O–H groups in total. The summed E-state index contributed by atoms with van der Waals surface area (Å²) in [4.78, 5) is 0. The number of unbranched alkanes of at least 4 members (excludes halogenated alkanes) is 3. The molecule has 216 valence electrons. The fraction of sp³-hybridized carbons (Fsp3) is 0.455. The molecule has 0 saturated carbocycles. The molecule has 0 heterocycles. The van der Waals surface area contributed by atoms with Gasteiger partial charge in [-0.05, 0) is 97.7 Å². The van der Waals surface area contributed by atoms with Crippen molar-refractivity contribution in [1.82, 2.24) is 0 Å². The number of ether oxygens (including phenoxy) is 4. The van der Waals surface area contributed by atoms with Crippen LogP contribution in [0.15, 0.2) is 83.0 Å². The van der Waals surface area contributed by atoms with Crippen LogP contribution in [0, 0.1) is 5.92 Å². The van der Waals surface area contributed by atoms with Crippen molar-refractivity contribution < 1.29 is 18.9 Å². The summed E-state index contributed by atoms with van der Waals surface area (Å²) in [5.74, 6) is 3.98. The van der Waals surface area contributed by atoms with Gasteiger partial charge in [0.25, 0.3) is 0 Å². The van der Waals surface area contributed by atoms with E-state index in [0.29, 0.717) is 19.1 Å². The van der Waals surface area contributed by atoms with Gasteiger partial charge < -0.3 is 18.9 Å². The average molecular weight is 565 g/mol. The number of rotatable bonds is 19. The molecule has 2 atom stereocenters. The molecule has 0 unspecified atom stereocenters. The molecule has 40 heavy (non-hydrogen) atoms. The van der Waals surface area contributed by atoms with Gasteiger partial charge in [-0.3, -0.25) is 0 Å². The van der Waals surface area contributed by atoms with E-state index < -0.39 is 0 Å². The highest BCUT2D eigenvalue weighted by molar-refractivity contribution is 7.80. The smallest absolute Gasteiger partial charge is 0.119 e. The van der Waals surface area contributed by atoms with Gasteiger partial charge in [-0.2, -0.15) is 22.9 Å². The van der Waals surface area contributed by atoms with Crippen LogP contribution in [0.2, 0.25) is 0 Å². The minimum absolute atomic E-state index is 0.0626. The molecule has 0 spiro atoms. The van der Waals surface area contributed by atoms with Crippen molar-refractivity contribution in [3.63, 3.8) is 0 Å². The summed E-state index contributed by atoms with van der Waals surface area (Å²) in [6, 6.07) is 23.3. The van der Waals surface area contributed by atoms with Crippen LogP contribution in [0.25, 0.3) is 0 Å². The molecule has 0 bridgehead atoms. The van der Waals surface area contributed by atoms with Crippen LogP contribution >= 0.6 is 12.6 Å². The Labute approximate surface area is 245 Å². The Hall–Kier alpha value is -3.03. The van der Waals surface area contributed by atoms with E-state index in [1.165, 1.54) is 19.3 Å². The highest BCUT2D eigenvalue weighted by Gasteiger charge is 2.07. The summed E-state index contributed by atoms with van der Waals surface area (Å²) in [6.45, 7) is 8.92. The lowest BCUT2D eigenvalue weighted by Crippen LogP contribution is -2.20. The van der Waals surface area contributed by atoms with Gasteiger partial charge in [0.2, 0.25) is 0 Å². The number of thiol groups is 1. The fourth-order valence-electron chi connectivity index (χ4n) is 3.65. The number of hydrogen-bond acceptors (Lipinski definition) is 7. The van der Waals surface area contributed by atoms with Crippen molar-refractivity contribution >= 4 is 24.0 Å². The molecule has 0 aromatic heterocycles. The van der Waals surface area contributed by atoms with Gasteiger partial charge in [0.15, 0.2) is 0 Å². The zero-order valence-electron chi connectivity index (χ0n) is 24.1. The highest BCUT2D eigenvalue weighted by Crippen LogP contribution is 2.24. The van der Waals surface area contributed by atoms with Crippen molar-refractivity contribution in [3.05, 3.63) is 78.4 Å². The third-order valence-electron chi connectivity index (χ3n) is 6.45. The van der Waals surface area contributed by atoms with Crippen LogP contribution in [0.3, 0.4) is 0 Å². The molecule has 0 fully saturated rings. The summed E-state index contributed by atoms with van der Waals surface area (Å²) in [5, 5.41) is 8.66. The van der Waals surface area contributed by atoms with Gasteiger partial charge in [0, 0.05) is 6.61 Å². The normalized spacial score (nSPS) is 12.8. The van der Waals surface area contributed by atoms with E-state index in [9.17, 15) is 0 Å². The first kappa shape index (κ1) is 31.5. The lowest BCUT2D eigenvalue weighted by Gasteiger charge is -2.17. The summed E-state index contributed by atoms with van der Waals surface area (Å²) >= 11 is 4.24. The van der Waals surface area contributed by atoms with Crippen LogP contribution in [-0.4, -0.2) is 31.7 Å². The molecular weight excluding hydrogens is 520 g/mol. The first-order valence-corrected chi connectivity index (χ1v) is 15.0. The second-order valence-corrected chi connectivity index (χ2v) is 10.5. The van der Waals surface area contributed by atoms with E-state index in [1.54, 1.807) is 0 Å². The van der Waals surface area contributed by atoms with Gasteiger partial charge in [-0.1, -0.05) is 45.2 Å². The molecule has 3 aromatic rings. The van der Waals surface area contributed by atoms with Crippen molar-refractivity contribution in [2.75, 3.05) is 25.6 Å². The predicted molar refractivity (Wildman–Crippen MR) is 166 cm³/mol. The molecule has 0 aliphatic heterocycles. The predicted octanol–water partition coefficient (Wildman–Crippen LogP) is 9.38. The van der Waals surface area contributed by atoms with Gasteiger partial charge >= 0.3 is 0 Å². The summed E-state index contributed by atoms with van der Waals surface area (Å²) in [5.41, 5.74) is 2.61. The molecule has 0 radical (unpaired) electrons. The number of nitrogens with zero attached hydrogens (tertiary/aromatic N) is 2. The largest absolute Gasteiger partial charge is 0.494 e. The molecule has 3 aromatic carbocycles. The average Bonchev–Trinajstić information content (AvgIpc) is 3.00. The van der Waals surface area contributed by atoms with E-state index in [2.05, 4.69) is 36.7 Å². The van der Waals surface area contributed by atoms with Gasteiger partial charge in [-0.15, -0.1) is 0 Å². The van der Waals surface area contributed by atoms with E-state index in [0.717, 1.165) is 66.0 Å². The van der Waals surface area contributed by atoms with Gasteiger partial charge in [-0.25, -0.2) is 0 Å². The zero-order valence-corrected chi connectivity index (χ0v) is 25.0. The Bertz CT molecular complexity index is 1100. The van der Waals surface area contributed by atoms with Crippen molar-refractivity contribution in [2.24, 2.45) is 16.1 Å². The van der Waals surface area contributed by atoms with E-state index in [-0.39, 0.29) is 6.10 Å². The van der Waals surface area contributed by atoms with Crippen molar-refractivity contribution in [2.45, 2.75) is 65.6 Å². The third-order valence-corrected chi connectivity index (χ3v) is 6.77. The minimum Gasteiger partial charge on any atom is -0.494 e. The third kappa shape index (κ3) is 12.4. The maximum atomic E-state index is 5.94. The zero-order chi connectivity index (χ0) is 28.4. The van der Waals surface area contributed by atoms with E-state index in [4.69, 9.17) is 18.9 Å². The van der Waals surface area contributed by atoms with Crippen LogP contribution in [0.4, 0.5) is 11.4 Å². The Morgan fingerprint density at radius 1 is 0.650 bits per heavy atom. The Morgan fingerprint density at radius 2 is 1.20 bits per heavy atom. The molecule has 6 nitrogen and oxygen atoms in total. The molecule has 0 saturated heterocycles. The Morgan fingerprint density at radius 3 is 1.80 bits per heavy atom. The second kappa shape index (κ2) is 18.3. The summed E-state index contributed by atoms with van der Waals surface area (Å²) in [7, 11) is 0. The molecular formula is C33H44N2O4S. The summed E-state index contributed by atoms with van der Waals surface area (Å²) < 4.78 is 23.4. The van der Waals surface area contributed by atoms with Gasteiger partial charge in [0.1, 0.15) is 30.5 Å². The SMILES string of the molecule is CC[C@H](C)CO[C@@H](C)COc1ccc(COc2ccc(N=Nc3ccc(OCCCCCCS)cc3)cc2)cc1. The van der Waals surface area contributed by atoms with Crippen molar-refractivity contribution in [3.8, 4) is 17.2 Å². The van der Waals surface area contributed by atoms with Crippen molar-refractivity contribution in [1.29, 1.82) is 0 Å². The number of benzene rings is 3. The molecule has 3 rings (SSSR count). The fourth-order valence-corrected chi connectivity index (χ4v) is 3.87.